The van der Waals surface area contributed by atoms with Crippen LogP contribution in [-0.2, 0) is 0 Å². The van der Waals surface area contributed by atoms with Gasteiger partial charge in [0.05, 0.1) is 0 Å². The van der Waals surface area contributed by atoms with E-state index in [2.05, 4.69) is 6.92 Å². The van der Waals surface area contributed by atoms with Gasteiger partial charge in [-0.15, -0.1) is 11.6 Å². The zero-order valence-corrected chi connectivity index (χ0v) is 11.1. The summed E-state index contributed by atoms with van der Waals surface area (Å²) in [5.74, 6) is 0.829. The molecule has 2 unspecified atom stereocenters. The molecule has 1 aliphatic carbocycles. The third-order valence-corrected chi connectivity index (χ3v) is 4.32. The molecule has 0 heterocycles. The topological polar surface area (TPSA) is 0 Å². The molecular weight excluding hydrogens is 204 g/mol. The minimum Gasteiger partial charge on any atom is -0.123 e. The van der Waals surface area contributed by atoms with Gasteiger partial charge < -0.3 is 0 Å². The van der Waals surface area contributed by atoms with Crippen LogP contribution in [0.15, 0.2) is 0 Å². The molecule has 0 aromatic carbocycles. The van der Waals surface area contributed by atoms with E-state index in [-0.39, 0.29) is 0 Å². The number of unbranched alkanes of at least 4 members (excludes halogenated alkanes) is 4. The van der Waals surface area contributed by atoms with E-state index in [4.69, 9.17) is 11.6 Å². The number of hydrogen-bond acceptors (Lipinski definition) is 0. The smallest absolute Gasteiger partial charge is 0.0364 e. The molecule has 1 heteroatoms. The van der Waals surface area contributed by atoms with Crippen molar-refractivity contribution in [3.63, 3.8) is 0 Å². The SMILES string of the molecule is CCCCCCCC1CCCCCC1Cl. The molecule has 0 amide bonds. The molecule has 0 spiro atoms. The molecule has 1 saturated carbocycles. The van der Waals surface area contributed by atoms with Crippen LogP contribution in [0.1, 0.15) is 77.6 Å². The maximum Gasteiger partial charge on any atom is 0.0364 e. The van der Waals surface area contributed by atoms with Gasteiger partial charge in [-0.1, -0.05) is 58.3 Å². The zero-order chi connectivity index (χ0) is 10.9. The average molecular weight is 231 g/mol. The second-order valence-corrected chi connectivity index (χ2v) is 5.68. The minimum absolute atomic E-state index is 0.485. The van der Waals surface area contributed by atoms with Crippen molar-refractivity contribution < 1.29 is 0 Å². The summed E-state index contributed by atoms with van der Waals surface area (Å²) in [6, 6.07) is 0. The summed E-state index contributed by atoms with van der Waals surface area (Å²) in [5, 5.41) is 0.485. The Bertz CT molecular complexity index is 144. The fourth-order valence-electron chi connectivity index (χ4n) is 2.67. The lowest BCUT2D eigenvalue weighted by Crippen LogP contribution is -2.12. The Labute approximate surface area is 101 Å². The Morgan fingerprint density at radius 3 is 2.47 bits per heavy atom. The van der Waals surface area contributed by atoms with Crippen LogP contribution in [-0.4, -0.2) is 5.38 Å². The van der Waals surface area contributed by atoms with Crippen molar-refractivity contribution in [2.75, 3.05) is 0 Å². The molecule has 0 aromatic heterocycles. The van der Waals surface area contributed by atoms with Gasteiger partial charge in [-0.2, -0.15) is 0 Å². The van der Waals surface area contributed by atoms with Crippen molar-refractivity contribution in [3.05, 3.63) is 0 Å². The van der Waals surface area contributed by atoms with Gasteiger partial charge in [0.2, 0.25) is 0 Å². The van der Waals surface area contributed by atoms with Crippen LogP contribution in [0, 0.1) is 5.92 Å². The molecule has 15 heavy (non-hydrogen) atoms. The Hall–Kier alpha value is 0.290. The van der Waals surface area contributed by atoms with Gasteiger partial charge in [-0.05, 0) is 25.2 Å². The lowest BCUT2D eigenvalue weighted by molar-refractivity contribution is 0.411. The van der Waals surface area contributed by atoms with Gasteiger partial charge in [-0.25, -0.2) is 0 Å². The number of halogens is 1. The fourth-order valence-corrected chi connectivity index (χ4v) is 3.08. The maximum atomic E-state index is 6.43. The Morgan fingerprint density at radius 1 is 0.933 bits per heavy atom. The monoisotopic (exact) mass is 230 g/mol. The van der Waals surface area contributed by atoms with E-state index in [9.17, 15) is 0 Å². The molecule has 0 N–H and O–H groups in total. The fraction of sp³-hybridized carbons (Fsp3) is 1.00. The van der Waals surface area contributed by atoms with E-state index in [1.54, 1.807) is 0 Å². The Morgan fingerprint density at radius 2 is 1.67 bits per heavy atom. The molecule has 0 saturated heterocycles. The second kappa shape index (κ2) is 8.44. The second-order valence-electron chi connectivity index (χ2n) is 5.12. The first-order chi connectivity index (χ1) is 7.34. The van der Waals surface area contributed by atoms with E-state index in [0.29, 0.717) is 5.38 Å². The van der Waals surface area contributed by atoms with Crippen LogP contribution < -0.4 is 0 Å². The summed E-state index contributed by atoms with van der Waals surface area (Å²) in [4.78, 5) is 0. The van der Waals surface area contributed by atoms with Crippen LogP contribution in [0.2, 0.25) is 0 Å². The molecule has 90 valence electrons. The summed E-state index contributed by atoms with van der Waals surface area (Å²) >= 11 is 6.43. The van der Waals surface area contributed by atoms with E-state index in [1.165, 1.54) is 70.6 Å². The summed E-state index contributed by atoms with van der Waals surface area (Å²) in [7, 11) is 0. The normalized spacial score (nSPS) is 27.6. The number of alkyl halides is 1. The lowest BCUT2D eigenvalue weighted by Gasteiger charge is -2.19. The third-order valence-electron chi connectivity index (χ3n) is 3.74. The van der Waals surface area contributed by atoms with Crippen molar-refractivity contribution in [1.29, 1.82) is 0 Å². The third kappa shape index (κ3) is 5.80. The highest BCUT2D eigenvalue weighted by atomic mass is 35.5. The van der Waals surface area contributed by atoms with Gasteiger partial charge in [0.1, 0.15) is 0 Å². The first-order valence-corrected chi connectivity index (χ1v) is 7.42. The molecule has 0 bridgehead atoms. The van der Waals surface area contributed by atoms with Crippen LogP contribution in [0.25, 0.3) is 0 Å². The summed E-state index contributed by atoms with van der Waals surface area (Å²) < 4.78 is 0. The quantitative estimate of drug-likeness (QED) is 0.320. The number of hydrogen-bond donors (Lipinski definition) is 0. The van der Waals surface area contributed by atoms with E-state index >= 15 is 0 Å². The molecule has 1 rings (SSSR count). The summed E-state index contributed by atoms with van der Waals surface area (Å²) in [6.45, 7) is 2.28. The predicted molar refractivity (Wildman–Crippen MR) is 69.6 cm³/mol. The van der Waals surface area contributed by atoms with Crippen molar-refractivity contribution in [2.24, 2.45) is 5.92 Å². The van der Waals surface area contributed by atoms with Crippen molar-refractivity contribution in [3.8, 4) is 0 Å². The lowest BCUT2D eigenvalue weighted by atomic mass is 9.93. The highest BCUT2D eigenvalue weighted by molar-refractivity contribution is 6.20. The van der Waals surface area contributed by atoms with Gasteiger partial charge in [0, 0.05) is 5.38 Å². The highest BCUT2D eigenvalue weighted by Gasteiger charge is 2.20. The summed E-state index contributed by atoms with van der Waals surface area (Å²) in [5.41, 5.74) is 0. The first-order valence-electron chi connectivity index (χ1n) is 6.98. The van der Waals surface area contributed by atoms with Crippen LogP contribution in [0.3, 0.4) is 0 Å². The van der Waals surface area contributed by atoms with Crippen LogP contribution in [0.5, 0.6) is 0 Å². The Balaban J connectivity index is 2.07. The first kappa shape index (κ1) is 13.4. The van der Waals surface area contributed by atoms with E-state index in [1.807, 2.05) is 0 Å². The van der Waals surface area contributed by atoms with Gasteiger partial charge in [-0.3, -0.25) is 0 Å². The maximum absolute atomic E-state index is 6.43. The molecule has 0 radical (unpaired) electrons. The average Bonchev–Trinajstić information content (AvgIpc) is 2.44. The van der Waals surface area contributed by atoms with Crippen molar-refractivity contribution >= 4 is 11.6 Å². The molecule has 0 aliphatic heterocycles. The number of rotatable bonds is 6. The minimum atomic E-state index is 0.485. The van der Waals surface area contributed by atoms with Crippen molar-refractivity contribution in [1.82, 2.24) is 0 Å². The van der Waals surface area contributed by atoms with Gasteiger partial charge in [0.25, 0.3) is 0 Å². The van der Waals surface area contributed by atoms with Crippen LogP contribution in [0.4, 0.5) is 0 Å². The highest BCUT2D eigenvalue weighted by Crippen LogP contribution is 2.31. The molecule has 1 aliphatic rings. The van der Waals surface area contributed by atoms with E-state index < -0.39 is 0 Å². The molecule has 0 aromatic rings. The predicted octanol–water partition coefficient (Wildman–Crippen LogP) is 5.53. The largest absolute Gasteiger partial charge is 0.123 e. The molecule has 1 fully saturated rings. The van der Waals surface area contributed by atoms with Crippen molar-refractivity contribution in [2.45, 2.75) is 82.9 Å². The molecular formula is C14H27Cl. The standard InChI is InChI=1S/C14H27Cl/c1-2-3-4-5-7-10-13-11-8-6-9-12-14(13)15/h13-14H,2-12H2,1H3. The zero-order valence-electron chi connectivity index (χ0n) is 10.3. The van der Waals surface area contributed by atoms with Crippen LogP contribution >= 0.6 is 11.6 Å². The van der Waals surface area contributed by atoms with E-state index in [0.717, 1.165) is 5.92 Å². The molecule has 0 nitrogen and oxygen atoms in total. The Kier molecular flexibility index (Phi) is 7.52. The molecule has 2 atom stereocenters. The summed E-state index contributed by atoms with van der Waals surface area (Å²) in [6.07, 6.45) is 15.3. The van der Waals surface area contributed by atoms with Gasteiger partial charge in [0.15, 0.2) is 0 Å². The van der Waals surface area contributed by atoms with Gasteiger partial charge >= 0.3 is 0 Å².